The summed E-state index contributed by atoms with van der Waals surface area (Å²) in [6.07, 6.45) is 7.45. The van der Waals surface area contributed by atoms with Crippen molar-refractivity contribution in [3.05, 3.63) is 42.9 Å². The lowest BCUT2D eigenvalue weighted by Gasteiger charge is -2.29. The van der Waals surface area contributed by atoms with Gasteiger partial charge in [-0.25, -0.2) is 15.0 Å². The van der Waals surface area contributed by atoms with Crippen LogP contribution in [-0.2, 0) is 4.79 Å². The number of anilines is 1. The number of H-pyrrole nitrogens is 1. The number of amides is 1. The Morgan fingerprint density at radius 3 is 2.51 bits per heavy atom. The van der Waals surface area contributed by atoms with Crippen LogP contribution in [0.5, 0.6) is 5.88 Å². The van der Waals surface area contributed by atoms with Gasteiger partial charge in [-0.15, -0.1) is 0 Å². The van der Waals surface area contributed by atoms with E-state index >= 15 is 0 Å². The molecule has 0 unspecified atom stereocenters. The molecule has 1 aromatic carbocycles. The van der Waals surface area contributed by atoms with Crippen LogP contribution in [0.25, 0.3) is 33.1 Å². The van der Waals surface area contributed by atoms with Crippen molar-refractivity contribution >= 4 is 33.7 Å². The van der Waals surface area contributed by atoms with Crippen molar-refractivity contribution in [2.75, 3.05) is 45.6 Å². The summed E-state index contributed by atoms with van der Waals surface area (Å²) >= 11 is 0. The van der Waals surface area contributed by atoms with Crippen molar-refractivity contribution in [2.24, 2.45) is 5.92 Å². The standard InChI is InChI=1S/C28H33N7O2/c1-34-11-7-18(8-12-34)27(36)33-25-6-4-21-23(16-29-26(21)32-25)19-3-5-24-22(15-19)28(31-17-30-24)37-20-9-13-35(2)14-10-20/h3-6,15-18,20H,7-14H2,1-2H3,(H2,29,32,33,36). The molecule has 4 aromatic rings. The zero-order valence-electron chi connectivity index (χ0n) is 21.4. The molecule has 0 bridgehead atoms. The highest BCUT2D eigenvalue weighted by Gasteiger charge is 2.24. The first-order valence-electron chi connectivity index (χ1n) is 13.1. The second kappa shape index (κ2) is 10.1. The molecule has 0 radical (unpaired) electrons. The van der Waals surface area contributed by atoms with Crippen LogP contribution in [-0.4, -0.2) is 82.0 Å². The zero-order valence-corrected chi connectivity index (χ0v) is 21.4. The van der Waals surface area contributed by atoms with E-state index in [1.54, 1.807) is 6.33 Å². The number of hydrogen-bond acceptors (Lipinski definition) is 7. The lowest BCUT2D eigenvalue weighted by atomic mass is 9.96. The normalized spacial score (nSPS) is 18.4. The SMILES string of the molecule is CN1CCC(Oc2ncnc3ccc(-c4c[nH]c5nc(NC(=O)C6CCN(C)CC6)ccc45)cc23)CC1. The summed E-state index contributed by atoms with van der Waals surface area (Å²) in [5, 5.41) is 4.91. The van der Waals surface area contributed by atoms with Gasteiger partial charge >= 0.3 is 0 Å². The van der Waals surface area contributed by atoms with Gasteiger partial charge in [0.15, 0.2) is 0 Å². The first-order valence-corrected chi connectivity index (χ1v) is 13.1. The van der Waals surface area contributed by atoms with Gasteiger partial charge in [-0.3, -0.25) is 4.79 Å². The third-order valence-electron chi connectivity index (χ3n) is 7.73. The van der Waals surface area contributed by atoms with Crippen molar-refractivity contribution in [3.8, 4) is 17.0 Å². The van der Waals surface area contributed by atoms with E-state index < -0.39 is 0 Å². The predicted octanol–water partition coefficient (Wildman–Crippen LogP) is 3.93. The second-order valence-electron chi connectivity index (χ2n) is 10.4. The van der Waals surface area contributed by atoms with E-state index in [0.29, 0.717) is 11.7 Å². The Balaban J connectivity index is 1.24. The number of fused-ring (bicyclic) bond motifs is 2. The highest BCUT2D eigenvalue weighted by atomic mass is 16.5. The van der Waals surface area contributed by atoms with Crippen LogP contribution in [0.15, 0.2) is 42.9 Å². The third kappa shape index (κ3) is 5.01. The van der Waals surface area contributed by atoms with Crippen molar-refractivity contribution < 1.29 is 9.53 Å². The molecule has 2 saturated heterocycles. The smallest absolute Gasteiger partial charge is 0.228 e. The average molecular weight is 500 g/mol. The molecular formula is C28H33N7O2. The molecule has 0 spiro atoms. The molecule has 2 aliphatic heterocycles. The van der Waals surface area contributed by atoms with Crippen LogP contribution < -0.4 is 10.1 Å². The largest absolute Gasteiger partial charge is 0.474 e. The molecular weight excluding hydrogens is 466 g/mol. The molecule has 2 N–H and O–H groups in total. The molecule has 0 saturated carbocycles. The maximum Gasteiger partial charge on any atom is 0.228 e. The van der Waals surface area contributed by atoms with Crippen LogP contribution in [0.4, 0.5) is 5.82 Å². The van der Waals surface area contributed by atoms with Crippen molar-refractivity contribution in [3.63, 3.8) is 0 Å². The monoisotopic (exact) mass is 499 g/mol. The van der Waals surface area contributed by atoms with Crippen molar-refractivity contribution in [1.29, 1.82) is 0 Å². The Morgan fingerprint density at radius 1 is 0.973 bits per heavy atom. The topological polar surface area (TPSA) is 99.3 Å². The molecule has 9 heteroatoms. The van der Waals surface area contributed by atoms with Gasteiger partial charge in [-0.1, -0.05) is 6.07 Å². The van der Waals surface area contributed by atoms with Gasteiger partial charge < -0.3 is 24.8 Å². The summed E-state index contributed by atoms with van der Waals surface area (Å²) < 4.78 is 6.34. The van der Waals surface area contributed by atoms with Gasteiger partial charge in [-0.05, 0) is 82.7 Å². The van der Waals surface area contributed by atoms with E-state index in [-0.39, 0.29) is 17.9 Å². The number of pyridine rings is 1. The zero-order chi connectivity index (χ0) is 25.4. The fourth-order valence-corrected chi connectivity index (χ4v) is 5.37. The summed E-state index contributed by atoms with van der Waals surface area (Å²) in [4.78, 5) is 34.2. The number of nitrogens with one attached hydrogen (secondary N) is 2. The number of piperidine rings is 2. The molecule has 3 aromatic heterocycles. The number of ether oxygens (including phenoxy) is 1. The molecule has 2 fully saturated rings. The van der Waals surface area contributed by atoms with E-state index in [9.17, 15) is 4.79 Å². The first-order chi connectivity index (χ1) is 18.0. The highest BCUT2D eigenvalue weighted by Crippen LogP contribution is 2.33. The van der Waals surface area contributed by atoms with E-state index in [0.717, 1.165) is 84.9 Å². The van der Waals surface area contributed by atoms with Crippen LogP contribution in [0, 0.1) is 5.92 Å². The Bertz CT molecular complexity index is 1420. The van der Waals surface area contributed by atoms with E-state index in [1.165, 1.54) is 0 Å². The van der Waals surface area contributed by atoms with Crippen molar-refractivity contribution in [1.82, 2.24) is 29.7 Å². The third-order valence-corrected chi connectivity index (χ3v) is 7.73. The molecule has 0 aliphatic carbocycles. The molecule has 192 valence electrons. The minimum atomic E-state index is 0.0404. The Hall–Kier alpha value is -3.56. The van der Waals surface area contributed by atoms with Gasteiger partial charge in [0.1, 0.15) is 23.9 Å². The van der Waals surface area contributed by atoms with Gasteiger partial charge in [0.05, 0.1) is 10.9 Å². The van der Waals surface area contributed by atoms with E-state index in [4.69, 9.17) is 4.74 Å². The van der Waals surface area contributed by atoms with Gasteiger partial charge in [0.25, 0.3) is 0 Å². The van der Waals surface area contributed by atoms with Crippen LogP contribution in [0.2, 0.25) is 0 Å². The summed E-state index contributed by atoms with van der Waals surface area (Å²) in [6, 6.07) is 10.1. The van der Waals surface area contributed by atoms with Crippen LogP contribution >= 0.6 is 0 Å². The summed E-state index contributed by atoms with van der Waals surface area (Å²) in [6.45, 7) is 3.96. The fourth-order valence-electron chi connectivity index (χ4n) is 5.37. The number of carbonyl (C=O) groups is 1. The maximum atomic E-state index is 12.7. The summed E-state index contributed by atoms with van der Waals surface area (Å²) in [5.41, 5.74) is 3.67. The molecule has 9 nitrogen and oxygen atoms in total. The molecule has 37 heavy (non-hydrogen) atoms. The first kappa shape index (κ1) is 23.8. The fraction of sp³-hybridized carbons (Fsp3) is 0.429. The van der Waals surface area contributed by atoms with Crippen LogP contribution in [0.1, 0.15) is 25.7 Å². The average Bonchev–Trinajstić information content (AvgIpc) is 3.33. The maximum absolute atomic E-state index is 12.7. The highest BCUT2D eigenvalue weighted by molar-refractivity contribution is 5.99. The number of carbonyl (C=O) groups excluding carboxylic acids is 1. The van der Waals surface area contributed by atoms with Gasteiger partial charge in [0, 0.05) is 36.2 Å². The summed E-state index contributed by atoms with van der Waals surface area (Å²) in [7, 11) is 4.24. The van der Waals surface area contributed by atoms with E-state index in [1.807, 2.05) is 24.4 Å². The minimum Gasteiger partial charge on any atom is -0.474 e. The Kier molecular flexibility index (Phi) is 6.48. The van der Waals surface area contributed by atoms with Crippen molar-refractivity contribution in [2.45, 2.75) is 31.8 Å². The van der Waals surface area contributed by atoms with Gasteiger partial charge in [0.2, 0.25) is 11.8 Å². The van der Waals surface area contributed by atoms with Crippen LogP contribution in [0.3, 0.4) is 0 Å². The number of aromatic nitrogens is 4. The number of benzene rings is 1. The lowest BCUT2D eigenvalue weighted by Crippen LogP contribution is -2.36. The molecule has 0 atom stereocenters. The number of likely N-dealkylation sites (tertiary alicyclic amines) is 2. The second-order valence-corrected chi connectivity index (χ2v) is 10.4. The van der Waals surface area contributed by atoms with E-state index in [2.05, 4.69) is 61.3 Å². The molecule has 1 amide bonds. The number of rotatable bonds is 5. The minimum absolute atomic E-state index is 0.0404. The number of aromatic amines is 1. The summed E-state index contributed by atoms with van der Waals surface area (Å²) in [5.74, 6) is 1.31. The predicted molar refractivity (Wildman–Crippen MR) is 145 cm³/mol. The molecule has 2 aliphatic rings. The quantitative estimate of drug-likeness (QED) is 0.429. The molecule has 6 rings (SSSR count). The number of nitrogens with zero attached hydrogens (tertiary/aromatic N) is 5. The number of hydrogen-bond donors (Lipinski definition) is 2. The Labute approximate surface area is 216 Å². The molecule has 5 heterocycles. The Morgan fingerprint density at radius 2 is 1.73 bits per heavy atom. The van der Waals surface area contributed by atoms with Gasteiger partial charge in [-0.2, -0.15) is 0 Å². The lowest BCUT2D eigenvalue weighted by molar-refractivity contribution is -0.121.